The second-order valence-electron chi connectivity index (χ2n) is 6.27. The van der Waals surface area contributed by atoms with E-state index in [0.29, 0.717) is 18.1 Å². The van der Waals surface area contributed by atoms with Gasteiger partial charge in [-0.2, -0.15) is 4.31 Å². The van der Waals surface area contributed by atoms with E-state index in [2.05, 4.69) is 5.32 Å². The molecule has 2 aromatic rings. The molecule has 1 atom stereocenters. The topological polar surface area (TPSA) is 66.5 Å². The highest BCUT2D eigenvalue weighted by Crippen LogP contribution is 2.18. The van der Waals surface area contributed by atoms with Crippen LogP contribution in [0.25, 0.3) is 6.08 Å². The van der Waals surface area contributed by atoms with Crippen LogP contribution in [-0.4, -0.2) is 31.7 Å². The number of benzene rings is 2. The Labute approximate surface area is 172 Å². The predicted octanol–water partition coefficient (Wildman–Crippen LogP) is 4.26. The Morgan fingerprint density at radius 2 is 1.64 bits per heavy atom. The molecule has 0 saturated heterocycles. The van der Waals surface area contributed by atoms with Crippen molar-refractivity contribution < 1.29 is 13.2 Å². The Kier molecular flexibility index (Phi) is 7.80. The molecule has 5 nitrogen and oxygen atoms in total. The Bertz CT molecular complexity index is 919. The van der Waals surface area contributed by atoms with Crippen molar-refractivity contribution in [2.75, 3.05) is 13.1 Å². The van der Waals surface area contributed by atoms with Gasteiger partial charge < -0.3 is 5.32 Å². The number of halogens is 1. The van der Waals surface area contributed by atoms with Gasteiger partial charge in [0.05, 0.1) is 10.9 Å². The molecule has 0 bridgehead atoms. The van der Waals surface area contributed by atoms with Gasteiger partial charge in [0.1, 0.15) is 0 Å². The highest BCUT2D eigenvalue weighted by atomic mass is 35.5. The van der Waals surface area contributed by atoms with E-state index in [-0.39, 0.29) is 16.8 Å². The number of amides is 1. The first kappa shape index (κ1) is 22.1. The number of hydrogen-bond donors (Lipinski definition) is 1. The third kappa shape index (κ3) is 5.67. The van der Waals surface area contributed by atoms with Gasteiger partial charge in [-0.3, -0.25) is 4.79 Å². The molecule has 2 aromatic carbocycles. The zero-order valence-electron chi connectivity index (χ0n) is 16.2. The van der Waals surface area contributed by atoms with Crippen molar-refractivity contribution in [2.45, 2.75) is 31.7 Å². The zero-order chi connectivity index (χ0) is 20.7. The molecule has 0 fully saturated rings. The van der Waals surface area contributed by atoms with Crippen LogP contribution in [0.5, 0.6) is 0 Å². The monoisotopic (exact) mass is 420 g/mol. The number of hydrogen-bond acceptors (Lipinski definition) is 3. The minimum atomic E-state index is -3.48. The molecule has 7 heteroatoms. The molecular formula is C21H25ClN2O3S. The van der Waals surface area contributed by atoms with E-state index in [1.165, 1.54) is 10.4 Å². The van der Waals surface area contributed by atoms with Gasteiger partial charge in [-0.15, -0.1) is 0 Å². The predicted molar refractivity (Wildman–Crippen MR) is 114 cm³/mol. The quantitative estimate of drug-likeness (QED) is 0.649. The molecular weight excluding hydrogens is 396 g/mol. The normalized spacial score (nSPS) is 13.0. The summed E-state index contributed by atoms with van der Waals surface area (Å²) < 4.78 is 26.4. The average molecular weight is 421 g/mol. The molecule has 0 aliphatic heterocycles. The van der Waals surface area contributed by atoms with Gasteiger partial charge in [0.25, 0.3) is 0 Å². The first-order valence-corrected chi connectivity index (χ1v) is 10.9. The fourth-order valence-corrected chi connectivity index (χ4v) is 4.32. The van der Waals surface area contributed by atoms with E-state index < -0.39 is 10.0 Å². The van der Waals surface area contributed by atoms with Gasteiger partial charge >= 0.3 is 0 Å². The summed E-state index contributed by atoms with van der Waals surface area (Å²) in [6.45, 7) is 6.35. The van der Waals surface area contributed by atoms with Crippen molar-refractivity contribution >= 4 is 33.6 Å². The zero-order valence-corrected chi connectivity index (χ0v) is 17.8. The van der Waals surface area contributed by atoms with Crippen LogP contribution in [0.15, 0.2) is 59.5 Å². The first-order valence-electron chi connectivity index (χ1n) is 9.12. The minimum absolute atomic E-state index is 0.156. The summed E-state index contributed by atoms with van der Waals surface area (Å²) >= 11 is 5.87. The first-order chi connectivity index (χ1) is 13.3. The van der Waals surface area contributed by atoms with E-state index >= 15 is 0 Å². The molecule has 28 heavy (non-hydrogen) atoms. The van der Waals surface area contributed by atoms with Crippen LogP contribution in [-0.2, 0) is 14.8 Å². The molecule has 0 aliphatic rings. The standard InChI is InChI=1S/C21H25ClN2O3S/c1-4-24(5-2)28(26,27)20-13-6-17(7-14-20)8-15-21(25)23-16(3)18-9-11-19(22)12-10-18/h6-16H,4-5H2,1-3H3,(H,23,25)/b15-8+/t16-/m0/s1. The lowest BCUT2D eigenvalue weighted by Gasteiger charge is -2.18. The van der Waals surface area contributed by atoms with Crippen molar-refractivity contribution in [1.29, 1.82) is 0 Å². The van der Waals surface area contributed by atoms with Crippen LogP contribution < -0.4 is 5.32 Å². The molecule has 0 spiro atoms. The molecule has 1 N–H and O–H groups in total. The van der Waals surface area contributed by atoms with Crippen LogP contribution in [0.3, 0.4) is 0 Å². The minimum Gasteiger partial charge on any atom is -0.346 e. The van der Waals surface area contributed by atoms with Crippen LogP contribution >= 0.6 is 11.6 Å². The highest BCUT2D eigenvalue weighted by Gasteiger charge is 2.20. The van der Waals surface area contributed by atoms with E-state index in [1.54, 1.807) is 42.5 Å². The Morgan fingerprint density at radius 3 is 2.18 bits per heavy atom. The maximum atomic E-state index is 12.5. The third-order valence-corrected chi connectivity index (χ3v) is 6.70. The average Bonchev–Trinajstić information content (AvgIpc) is 2.68. The van der Waals surface area contributed by atoms with Crippen molar-refractivity contribution in [1.82, 2.24) is 9.62 Å². The van der Waals surface area contributed by atoms with Gasteiger partial charge in [0.15, 0.2) is 0 Å². The van der Waals surface area contributed by atoms with E-state index in [0.717, 1.165) is 11.1 Å². The Morgan fingerprint density at radius 1 is 1.07 bits per heavy atom. The van der Waals surface area contributed by atoms with Gasteiger partial charge in [0, 0.05) is 24.2 Å². The Balaban J connectivity index is 2.02. The van der Waals surface area contributed by atoms with Crippen molar-refractivity contribution in [2.24, 2.45) is 0 Å². The number of rotatable bonds is 8. The summed E-state index contributed by atoms with van der Waals surface area (Å²) in [7, 11) is -3.48. The van der Waals surface area contributed by atoms with E-state index in [1.807, 2.05) is 32.9 Å². The summed E-state index contributed by atoms with van der Waals surface area (Å²) in [6.07, 6.45) is 3.08. The number of carbonyl (C=O) groups excluding carboxylic acids is 1. The van der Waals surface area contributed by atoms with Gasteiger partial charge in [-0.05, 0) is 48.4 Å². The maximum absolute atomic E-state index is 12.5. The second kappa shape index (κ2) is 9.87. The van der Waals surface area contributed by atoms with Gasteiger partial charge in [0.2, 0.25) is 15.9 Å². The molecule has 2 rings (SSSR count). The maximum Gasteiger partial charge on any atom is 0.244 e. The van der Waals surface area contributed by atoms with Crippen molar-refractivity contribution in [3.05, 3.63) is 70.8 Å². The molecule has 0 heterocycles. The summed E-state index contributed by atoms with van der Waals surface area (Å²) in [6, 6.07) is 13.6. The lowest BCUT2D eigenvalue weighted by Crippen LogP contribution is -2.30. The fraction of sp³-hybridized carbons (Fsp3) is 0.286. The summed E-state index contributed by atoms with van der Waals surface area (Å²) in [5.41, 5.74) is 1.70. The summed E-state index contributed by atoms with van der Waals surface area (Å²) in [5.74, 6) is -0.234. The molecule has 0 radical (unpaired) electrons. The summed E-state index contributed by atoms with van der Waals surface area (Å²) in [5, 5.41) is 3.53. The van der Waals surface area contributed by atoms with Gasteiger partial charge in [-0.1, -0.05) is 49.7 Å². The number of nitrogens with zero attached hydrogens (tertiary/aromatic N) is 1. The third-order valence-electron chi connectivity index (χ3n) is 4.38. The van der Waals surface area contributed by atoms with Crippen molar-refractivity contribution in [3.8, 4) is 0 Å². The number of sulfonamides is 1. The smallest absolute Gasteiger partial charge is 0.244 e. The molecule has 0 aliphatic carbocycles. The molecule has 0 unspecified atom stereocenters. The van der Waals surface area contributed by atoms with Crippen LogP contribution in [0.2, 0.25) is 5.02 Å². The molecule has 150 valence electrons. The molecule has 1 amide bonds. The molecule has 0 aromatic heterocycles. The Hall–Kier alpha value is -2.15. The number of nitrogens with one attached hydrogen (secondary N) is 1. The lowest BCUT2D eigenvalue weighted by atomic mass is 10.1. The SMILES string of the molecule is CCN(CC)S(=O)(=O)c1ccc(/C=C/C(=O)N[C@@H](C)c2ccc(Cl)cc2)cc1. The fourth-order valence-electron chi connectivity index (χ4n) is 2.73. The second-order valence-corrected chi connectivity index (χ2v) is 8.65. The largest absolute Gasteiger partial charge is 0.346 e. The highest BCUT2D eigenvalue weighted by molar-refractivity contribution is 7.89. The van der Waals surface area contributed by atoms with Crippen LogP contribution in [0.4, 0.5) is 0 Å². The van der Waals surface area contributed by atoms with Crippen LogP contribution in [0.1, 0.15) is 37.9 Å². The van der Waals surface area contributed by atoms with Crippen molar-refractivity contribution in [3.63, 3.8) is 0 Å². The van der Waals surface area contributed by atoms with E-state index in [9.17, 15) is 13.2 Å². The van der Waals surface area contributed by atoms with Gasteiger partial charge in [-0.25, -0.2) is 8.42 Å². The van der Waals surface area contributed by atoms with E-state index in [4.69, 9.17) is 11.6 Å². The van der Waals surface area contributed by atoms with Crippen LogP contribution in [0, 0.1) is 0 Å². The summed E-state index contributed by atoms with van der Waals surface area (Å²) in [4.78, 5) is 12.4. The lowest BCUT2D eigenvalue weighted by molar-refractivity contribution is -0.117. The molecule has 0 saturated carbocycles. The number of carbonyl (C=O) groups is 1.